The van der Waals surface area contributed by atoms with E-state index >= 15 is 0 Å². The van der Waals surface area contributed by atoms with Gasteiger partial charge in [-0.25, -0.2) is 0 Å². The van der Waals surface area contributed by atoms with Crippen molar-refractivity contribution < 1.29 is 14.3 Å². The van der Waals surface area contributed by atoms with E-state index in [1.54, 1.807) is 7.11 Å². The van der Waals surface area contributed by atoms with Gasteiger partial charge in [-0.2, -0.15) is 0 Å². The molecule has 0 aliphatic rings. The highest BCUT2D eigenvalue weighted by Gasteiger charge is 2.22. The predicted octanol–water partition coefficient (Wildman–Crippen LogP) is 5.95. The lowest BCUT2D eigenvalue weighted by molar-refractivity contribution is -0.116. The minimum Gasteiger partial charge on any atom is -0.496 e. The van der Waals surface area contributed by atoms with E-state index in [9.17, 15) is 4.79 Å². The van der Waals surface area contributed by atoms with Crippen LogP contribution < -0.4 is 14.8 Å². The first-order valence-electron chi connectivity index (χ1n) is 10.2. The molecule has 0 saturated carbocycles. The van der Waals surface area contributed by atoms with E-state index in [2.05, 4.69) is 5.32 Å². The molecule has 0 aromatic heterocycles. The zero-order valence-corrected chi connectivity index (χ0v) is 18.0. The number of methoxy groups -OCH3 is 1. The van der Waals surface area contributed by atoms with Crippen molar-refractivity contribution in [2.75, 3.05) is 12.4 Å². The van der Waals surface area contributed by atoms with Gasteiger partial charge in [-0.05, 0) is 56.2 Å². The molecule has 3 aromatic rings. The molecule has 0 radical (unpaired) electrons. The van der Waals surface area contributed by atoms with Crippen molar-refractivity contribution in [2.24, 2.45) is 0 Å². The molecule has 1 amide bonds. The van der Waals surface area contributed by atoms with Crippen molar-refractivity contribution in [2.45, 2.75) is 39.2 Å². The molecule has 1 atom stereocenters. The first kappa shape index (κ1) is 21.4. The number of hydrogen-bond donors (Lipinski definition) is 1. The molecule has 3 rings (SSSR count). The largest absolute Gasteiger partial charge is 0.496 e. The Balaban J connectivity index is 1.90. The second kappa shape index (κ2) is 9.97. The Morgan fingerprint density at radius 2 is 1.60 bits per heavy atom. The van der Waals surface area contributed by atoms with Crippen LogP contribution in [0.4, 0.5) is 5.69 Å². The number of carbonyl (C=O) groups is 1. The number of carbonyl (C=O) groups excluding carboxylic acids is 1. The van der Waals surface area contributed by atoms with Gasteiger partial charge in [0.1, 0.15) is 11.5 Å². The van der Waals surface area contributed by atoms with Gasteiger partial charge in [0.25, 0.3) is 0 Å². The van der Waals surface area contributed by atoms with E-state index < -0.39 is 0 Å². The van der Waals surface area contributed by atoms with Crippen LogP contribution in [0, 0.1) is 6.92 Å². The highest BCUT2D eigenvalue weighted by atomic mass is 16.5. The molecule has 1 N–H and O–H groups in total. The summed E-state index contributed by atoms with van der Waals surface area (Å²) in [6.07, 6.45) is 0.416. The molecular formula is C26H29NO3. The average molecular weight is 404 g/mol. The number of ether oxygens (including phenoxy) is 2. The number of hydrogen-bond acceptors (Lipinski definition) is 3. The lowest BCUT2D eigenvalue weighted by Crippen LogP contribution is -2.17. The highest BCUT2D eigenvalue weighted by molar-refractivity contribution is 5.92. The molecule has 0 fully saturated rings. The third-order valence-electron chi connectivity index (χ3n) is 4.98. The minimum atomic E-state index is -0.140. The van der Waals surface area contributed by atoms with Crippen molar-refractivity contribution in [3.05, 3.63) is 89.5 Å². The third kappa shape index (κ3) is 5.41. The monoisotopic (exact) mass is 403 g/mol. The Kier molecular flexibility index (Phi) is 7.12. The van der Waals surface area contributed by atoms with Crippen molar-refractivity contribution in [1.82, 2.24) is 0 Å². The van der Waals surface area contributed by atoms with Crippen LogP contribution in [0.1, 0.15) is 42.9 Å². The molecule has 3 aromatic carbocycles. The number of anilines is 1. The van der Waals surface area contributed by atoms with Gasteiger partial charge < -0.3 is 14.8 Å². The molecular weight excluding hydrogens is 374 g/mol. The normalized spacial score (nSPS) is 11.8. The van der Waals surface area contributed by atoms with E-state index in [4.69, 9.17) is 9.47 Å². The Hall–Kier alpha value is -3.27. The smallest absolute Gasteiger partial charge is 0.225 e. The fourth-order valence-electron chi connectivity index (χ4n) is 3.51. The van der Waals surface area contributed by atoms with Gasteiger partial charge >= 0.3 is 0 Å². The van der Waals surface area contributed by atoms with Crippen LogP contribution in [-0.4, -0.2) is 19.1 Å². The van der Waals surface area contributed by atoms with Crippen LogP contribution in [0.3, 0.4) is 0 Å². The summed E-state index contributed by atoms with van der Waals surface area (Å²) in [6.45, 7) is 5.99. The van der Waals surface area contributed by atoms with Crippen LogP contribution in [0.25, 0.3) is 0 Å². The molecule has 0 aliphatic carbocycles. The quantitative estimate of drug-likeness (QED) is 0.505. The number of benzene rings is 3. The van der Waals surface area contributed by atoms with Crippen LogP contribution in [-0.2, 0) is 4.79 Å². The molecule has 0 heterocycles. The Morgan fingerprint density at radius 1 is 0.933 bits per heavy atom. The Labute approximate surface area is 178 Å². The second-order valence-corrected chi connectivity index (χ2v) is 7.60. The number of para-hydroxylation sites is 2. The maximum Gasteiger partial charge on any atom is 0.225 e. The van der Waals surface area contributed by atoms with Gasteiger partial charge in [0.15, 0.2) is 0 Å². The number of rotatable bonds is 8. The topological polar surface area (TPSA) is 47.6 Å². The summed E-state index contributed by atoms with van der Waals surface area (Å²) in [5.41, 5.74) is 3.89. The van der Waals surface area contributed by atoms with E-state index in [1.165, 1.54) is 0 Å². The van der Waals surface area contributed by atoms with Crippen molar-refractivity contribution in [3.8, 4) is 11.5 Å². The molecule has 0 bridgehead atoms. The average Bonchev–Trinajstić information content (AvgIpc) is 2.74. The van der Waals surface area contributed by atoms with Crippen LogP contribution >= 0.6 is 0 Å². The number of amides is 1. The van der Waals surface area contributed by atoms with Crippen LogP contribution in [0.5, 0.6) is 11.5 Å². The zero-order valence-electron chi connectivity index (χ0n) is 18.0. The molecule has 0 spiro atoms. The first-order valence-corrected chi connectivity index (χ1v) is 10.2. The summed E-state index contributed by atoms with van der Waals surface area (Å²) in [7, 11) is 1.66. The van der Waals surface area contributed by atoms with Gasteiger partial charge in [-0.1, -0.05) is 48.5 Å². The van der Waals surface area contributed by atoms with Gasteiger partial charge in [0.05, 0.1) is 13.2 Å². The number of nitrogens with one attached hydrogen (secondary N) is 1. The molecule has 4 heteroatoms. The molecule has 156 valence electrons. The van der Waals surface area contributed by atoms with Gasteiger partial charge in [0, 0.05) is 23.6 Å². The highest BCUT2D eigenvalue weighted by Crippen LogP contribution is 2.35. The molecule has 4 nitrogen and oxygen atoms in total. The summed E-state index contributed by atoms with van der Waals surface area (Å²) in [5, 5.41) is 3.05. The van der Waals surface area contributed by atoms with Gasteiger partial charge in [-0.3, -0.25) is 4.79 Å². The summed E-state index contributed by atoms with van der Waals surface area (Å²) < 4.78 is 11.4. The van der Waals surface area contributed by atoms with Crippen molar-refractivity contribution in [1.29, 1.82) is 0 Å². The van der Waals surface area contributed by atoms with Gasteiger partial charge in [-0.15, -0.1) is 0 Å². The third-order valence-corrected chi connectivity index (χ3v) is 4.98. The van der Waals surface area contributed by atoms with Crippen molar-refractivity contribution >= 4 is 11.6 Å². The maximum atomic E-state index is 13.0. The Morgan fingerprint density at radius 3 is 2.27 bits per heavy atom. The van der Waals surface area contributed by atoms with E-state index in [1.807, 2.05) is 93.6 Å². The molecule has 0 unspecified atom stereocenters. The van der Waals surface area contributed by atoms with Gasteiger partial charge in [0.2, 0.25) is 5.91 Å². The maximum absolute atomic E-state index is 13.0. The van der Waals surface area contributed by atoms with Crippen LogP contribution in [0.2, 0.25) is 0 Å². The van der Waals surface area contributed by atoms with E-state index in [-0.39, 0.29) is 17.9 Å². The fraction of sp³-hybridized carbons (Fsp3) is 0.269. The fourth-order valence-corrected chi connectivity index (χ4v) is 3.51. The van der Waals surface area contributed by atoms with Crippen LogP contribution in [0.15, 0.2) is 72.8 Å². The van der Waals surface area contributed by atoms with Crippen molar-refractivity contribution in [3.63, 3.8) is 0 Å². The lowest BCUT2D eigenvalue weighted by atomic mass is 9.87. The summed E-state index contributed by atoms with van der Waals surface area (Å²) in [5.74, 6) is 1.41. The molecule has 0 saturated heterocycles. The summed E-state index contributed by atoms with van der Waals surface area (Å²) in [4.78, 5) is 13.0. The Bertz CT molecular complexity index is 980. The summed E-state index contributed by atoms with van der Waals surface area (Å²) >= 11 is 0. The minimum absolute atomic E-state index is 0.0392. The lowest BCUT2D eigenvalue weighted by Gasteiger charge is -2.21. The predicted molar refractivity (Wildman–Crippen MR) is 121 cm³/mol. The SMILES string of the molecule is COc1ccccc1[C@H](CC(=O)Nc1ccccc1C)c1ccc(OC(C)C)cc1. The molecule has 30 heavy (non-hydrogen) atoms. The molecule has 0 aliphatic heterocycles. The second-order valence-electron chi connectivity index (χ2n) is 7.60. The summed E-state index contributed by atoms with van der Waals surface area (Å²) in [6, 6.07) is 23.6. The zero-order chi connectivity index (χ0) is 21.5. The van der Waals surface area contributed by atoms with E-state index in [0.29, 0.717) is 6.42 Å². The number of aryl methyl sites for hydroxylation is 1. The van der Waals surface area contributed by atoms with E-state index in [0.717, 1.165) is 33.9 Å². The standard InChI is InChI=1S/C26H29NO3/c1-18(2)30-21-15-13-20(14-16-21)23(22-10-6-8-12-25(22)29-4)17-26(28)27-24-11-7-5-9-19(24)3/h5-16,18,23H,17H2,1-4H3,(H,27,28)/t23-/m1/s1. The first-order chi connectivity index (χ1) is 14.5.